The fourth-order valence-electron chi connectivity index (χ4n) is 3.06. The second-order valence-corrected chi connectivity index (χ2v) is 8.27. The molecular weight excluding hydrogens is 507 g/mol. The van der Waals surface area contributed by atoms with Crippen molar-refractivity contribution in [3.05, 3.63) is 76.8 Å². The van der Waals surface area contributed by atoms with Crippen molar-refractivity contribution in [2.45, 2.75) is 19.3 Å². The van der Waals surface area contributed by atoms with Crippen LogP contribution in [0.4, 0.5) is 11.4 Å². The maximum atomic E-state index is 12.2. The van der Waals surface area contributed by atoms with Gasteiger partial charge < -0.3 is 24.8 Å². The molecule has 3 aromatic carbocycles. The summed E-state index contributed by atoms with van der Waals surface area (Å²) in [7, 11) is 1.57. The monoisotopic (exact) mass is 530 g/mol. The molecule has 10 heteroatoms. The van der Waals surface area contributed by atoms with Gasteiger partial charge in [-0.25, -0.2) is 0 Å². The Morgan fingerprint density at radius 2 is 1.53 bits per heavy atom. The fraction of sp³-hybridized carbons (Fsp3) is 0.192. The third kappa shape index (κ3) is 8.18. The number of methoxy groups -OCH3 is 1. The van der Waals surface area contributed by atoms with Crippen LogP contribution >= 0.6 is 23.2 Å². The molecule has 0 aliphatic carbocycles. The van der Waals surface area contributed by atoms with Gasteiger partial charge in [-0.2, -0.15) is 0 Å². The van der Waals surface area contributed by atoms with Gasteiger partial charge in [0.15, 0.2) is 18.1 Å². The number of halogens is 2. The number of anilines is 2. The van der Waals surface area contributed by atoms with Gasteiger partial charge in [0.1, 0.15) is 5.75 Å². The van der Waals surface area contributed by atoms with E-state index in [0.29, 0.717) is 33.6 Å². The number of rotatable bonds is 11. The quantitative estimate of drug-likeness (QED) is 0.291. The lowest BCUT2D eigenvalue weighted by molar-refractivity contribution is -0.147. The van der Waals surface area contributed by atoms with Crippen LogP contribution in [-0.4, -0.2) is 31.5 Å². The molecule has 8 nitrogen and oxygen atoms in total. The number of hydrogen-bond acceptors (Lipinski definition) is 6. The molecule has 0 unspecified atom stereocenters. The molecule has 2 amide bonds. The molecule has 2 N–H and O–H groups in total. The lowest BCUT2D eigenvalue weighted by Gasteiger charge is -2.11. The number of carbonyl (C=O) groups is 3. The van der Waals surface area contributed by atoms with E-state index in [1.165, 1.54) is 0 Å². The maximum absolute atomic E-state index is 12.2. The summed E-state index contributed by atoms with van der Waals surface area (Å²) < 4.78 is 16.0. The van der Waals surface area contributed by atoms with Crippen LogP contribution in [0.1, 0.15) is 19.3 Å². The molecule has 0 atom stereocenters. The van der Waals surface area contributed by atoms with Crippen LogP contribution in [0.5, 0.6) is 17.2 Å². The Labute approximate surface area is 218 Å². The van der Waals surface area contributed by atoms with Gasteiger partial charge in [0.25, 0.3) is 5.91 Å². The summed E-state index contributed by atoms with van der Waals surface area (Å²) in [5, 5.41) is 5.77. The van der Waals surface area contributed by atoms with Gasteiger partial charge in [-0.05, 0) is 55.0 Å². The van der Waals surface area contributed by atoms with Crippen molar-refractivity contribution >= 4 is 52.4 Å². The van der Waals surface area contributed by atoms with Gasteiger partial charge in [0.05, 0.1) is 22.8 Å². The molecule has 0 bridgehead atoms. The number of esters is 1. The summed E-state index contributed by atoms with van der Waals surface area (Å²) in [6, 6.07) is 18.9. The van der Waals surface area contributed by atoms with E-state index in [1.807, 2.05) is 12.1 Å². The largest absolute Gasteiger partial charge is 0.493 e. The van der Waals surface area contributed by atoms with E-state index in [2.05, 4.69) is 10.6 Å². The van der Waals surface area contributed by atoms with E-state index in [0.717, 1.165) is 0 Å². The lowest BCUT2D eigenvalue weighted by atomic mass is 10.2. The summed E-state index contributed by atoms with van der Waals surface area (Å²) in [5.41, 5.74) is 0.910. The third-order valence-electron chi connectivity index (χ3n) is 4.81. The van der Waals surface area contributed by atoms with Crippen LogP contribution in [0.2, 0.25) is 10.0 Å². The molecule has 3 aromatic rings. The normalized spacial score (nSPS) is 10.3. The van der Waals surface area contributed by atoms with Crippen molar-refractivity contribution in [3.63, 3.8) is 0 Å². The zero-order valence-electron chi connectivity index (χ0n) is 19.4. The van der Waals surface area contributed by atoms with Gasteiger partial charge in [-0.1, -0.05) is 41.4 Å². The highest BCUT2D eigenvalue weighted by atomic mass is 35.5. The number of benzene rings is 3. The minimum Gasteiger partial charge on any atom is -0.493 e. The Kier molecular flexibility index (Phi) is 9.97. The molecule has 36 heavy (non-hydrogen) atoms. The zero-order chi connectivity index (χ0) is 25.9. The second kappa shape index (κ2) is 13.4. The number of hydrogen-bond donors (Lipinski definition) is 2. The van der Waals surface area contributed by atoms with Crippen LogP contribution in [0.15, 0.2) is 66.7 Å². The Morgan fingerprint density at radius 1 is 0.806 bits per heavy atom. The van der Waals surface area contributed by atoms with Crippen molar-refractivity contribution in [2.24, 2.45) is 0 Å². The Hall–Kier alpha value is -3.75. The molecular formula is C26H24Cl2N2O6. The van der Waals surface area contributed by atoms with E-state index < -0.39 is 18.5 Å². The first-order valence-corrected chi connectivity index (χ1v) is 11.7. The van der Waals surface area contributed by atoms with Crippen LogP contribution in [-0.2, 0) is 19.1 Å². The molecule has 188 valence electrons. The number of amides is 2. The number of para-hydroxylation sites is 2. The highest BCUT2D eigenvalue weighted by Crippen LogP contribution is 2.31. The molecule has 0 aliphatic rings. The van der Waals surface area contributed by atoms with Gasteiger partial charge in [-0.15, -0.1) is 0 Å². The smallest absolute Gasteiger partial charge is 0.306 e. The highest BCUT2D eigenvalue weighted by molar-refractivity contribution is 6.44. The lowest BCUT2D eigenvalue weighted by Crippen LogP contribution is -2.21. The molecule has 0 saturated carbocycles. The zero-order valence-corrected chi connectivity index (χ0v) is 20.9. The van der Waals surface area contributed by atoms with Crippen molar-refractivity contribution in [1.82, 2.24) is 0 Å². The molecule has 3 rings (SSSR count). The predicted molar refractivity (Wildman–Crippen MR) is 138 cm³/mol. The first-order chi connectivity index (χ1) is 17.4. The number of carbonyl (C=O) groups excluding carboxylic acids is 3. The molecule has 0 spiro atoms. The van der Waals surface area contributed by atoms with E-state index in [9.17, 15) is 14.4 Å². The average Bonchev–Trinajstić information content (AvgIpc) is 2.87. The van der Waals surface area contributed by atoms with Crippen molar-refractivity contribution in [3.8, 4) is 17.2 Å². The molecule has 0 aliphatic heterocycles. The Balaban J connectivity index is 1.35. The van der Waals surface area contributed by atoms with E-state index in [4.69, 9.17) is 37.4 Å². The Morgan fingerprint density at radius 3 is 2.25 bits per heavy atom. The average molecular weight is 531 g/mol. The van der Waals surface area contributed by atoms with Crippen molar-refractivity contribution < 1.29 is 28.6 Å². The van der Waals surface area contributed by atoms with Crippen molar-refractivity contribution in [2.75, 3.05) is 24.4 Å². The standard InChI is InChI=1S/C26H24Cl2N2O6/c1-34-21-8-2-3-9-22(21)36-18-14-12-17(13-15-18)29-23(31)10-5-11-25(33)35-16-24(32)30-20-7-4-6-19(27)26(20)28/h2-4,6-9,12-15H,5,10-11,16H2,1H3,(H,29,31)(H,30,32). The SMILES string of the molecule is COc1ccccc1Oc1ccc(NC(=O)CCCC(=O)OCC(=O)Nc2cccc(Cl)c2Cl)cc1. The van der Waals surface area contributed by atoms with Gasteiger partial charge in [-0.3, -0.25) is 14.4 Å². The van der Waals surface area contributed by atoms with Gasteiger partial charge >= 0.3 is 5.97 Å². The minimum atomic E-state index is -0.590. The molecule has 0 radical (unpaired) electrons. The fourth-order valence-corrected chi connectivity index (χ4v) is 3.41. The van der Waals surface area contributed by atoms with Crippen LogP contribution in [0, 0.1) is 0 Å². The first-order valence-electron chi connectivity index (χ1n) is 11.0. The summed E-state index contributed by atoms with van der Waals surface area (Å²) in [5.74, 6) is 0.377. The molecule has 0 fully saturated rings. The number of nitrogens with one attached hydrogen (secondary N) is 2. The Bertz CT molecular complexity index is 1220. The number of ether oxygens (including phenoxy) is 3. The summed E-state index contributed by atoms with van der Waals surface area (Å²) >= 11 is 11.9. The molecule has 0 heterocycles. The predicted octanol–water partition coefficient (Wildman–Crippen LogP) is 6.09. The van der Waals surface area contributed by atoms with Crippen molar-refractivity contribution in [1.29, 1.82) is 0 Å². The van der Waals surface area contributed by atoms with E-state index >= 15 is 0 Å². The minimum absolute atomic E-state index is 0.00962. The molecule has 0 aromatic heterocycles. The summed E-state index contributed by atoms with van der Waals surface area (Å²) in [6.07, 6.45) is 0.366. The second-order valence-electron chi connectivity index (χ2n) is 7.49. The summed E-state index contributed by atoms with van der Waals surface area (Å²) in [6.45, 7) is -0.475. The van der Waals surface area contributed by atoms with E-state index in [-0.39, 0.29) is 30.2 Å². The summed E-state index contributed by atoms with van der Waals surface area (Å²) in [4.78, 5) is 36.0. The molecule has 0 saturated heterocycles. The topological polar surface area (TPSA) is 103 Å². The maximum Gasteiger partial charge on any atom is 0.306 e. The van der Waals surface area contributed by atoms with E-state index in [1.54, 1.807) is 61.7 Å². The van der Waals surface area contributed by atoms with Crippen LogP contribution in [0.3, 0.4) is 0 Å². The van der Waals surface area contributed by atoms with Crippen LogP contribution in [0.25, 0.3) is 0 Å². The van der Waals surface area contributed by atoms with Crippen LogP contribution < -0.4 is 20.1 Å². The first kappa shape index (κ1) is 26.8. The van der Waals surface area contributed by atoms with Gasteiger partial charge in [0, 0.05) is 18.5 Å². The third-order valence-corrected chi connectivity index (χ3v) is 5.63. The van der Waals surface area contributed by atoms with Gasteiger partial charge in [0.2, 0.25) is 5.91 Å². The highest BCUT2D eigenvalue weighted by Gasteiger charge is 2.12.